The van der Waals surface area contributed by atoms with E-state index >= 15 is 0 Å². The van der Waals surface area contributed by atoms with E-state index in [1.165, 1.54) is 0 Å². The van der Waals surface area contributed by atoms with Gasteiger partial charge in [0.15, 0.2) is 5.82 Å². The molecule has 8 nitrogen and oxygen atoms in total. The largest absolute Gasteiger partial charge is 0.309 e. The Balaban J connectivity index is 2.23. The maximum absolute atomic E-state index is 13.9. The van der Waals surface area contributed by atoms with Gasteiger partial charge in [-0.3, -0.25) is 14.9 Å². The molecule has 21 heavy (non-hydrogen) atoms. The van der Waals surface area contributed by atoms with E-state index in [0.29, 0.717) is 0 Å². The number of nitro groups is 1. The third-order valence-electron chi connectivity index (χ3n) is 3.11. The molecule has 0 bridgehead atoms. The van der Waals surface area contributed by atoms with E-state index in [4.69, 9.17) is 5.14 Å². The number of carbonyl (C=O) groups excluding carboxylic acids is 1. The number of amides is 1. The monoisotopic (exact) mass is 317 g/mol. The number of benzene rings is 1. The number of non-ortho nitro benzene ring substituents is 1. The maximum atomic E-state index is 13.9. The Morgan fingerprint density at radius 1 is 1.48 bits per heavy atom. The smallest absolute Gasteiger partial charge is 0.272 e. The van der Waals surface area contributed by atoms with Crippen molar-refractivity contribution in [3.8, 4) is 0 Å². The molecule has 2 N–H and O–H groups in total. The second-order valence-corrected chi connectivity index (χ2v) is 6.46. The van der Waals surface area contributed by atoms with Gasteiger partial charge in [-0.2, -0.15) is 0 Å². The molecule has 1 amide bonds. The summed E-state index contributed by atoms with van der Waals surface area (Å²) in [5, 5.41) is 15.5. The van der Waals surface area contributed by atoms with Crippen molar-refractivity contribution in [3.05, 3.63) is 34.1 Å². The van der Waals surface area contributed by atoms with Gasteiger partial charge >= 0.3 is 0 Å². The number of sulfonamides is 1. The molecule has 1 aromatic carbocycles. The molecule has 1 aliphatic rings. The average Bonchev–Trinajstić information content (AvgIpc) is 2.67. The van der Waals surface area contributed by atoms with E-state index in [2.05, 4.69) is 0 Å². The third-order valence-corrected chi connectivity index (χ3v) is 4.04. The first-order chi connectivity index (χ1) is 9.67. The molecule has 0 spiro atoms. The van der Waals surface area contributed by atoms with E-state index in [1.807, 2.05) is 0 Å². The SMILES string of the molecule is NS(=O)(=O)CC1CC(=O)N(c2ccc([N+](=O)[O-])cc2F)C1. The molecule has 0 aliphatic carbocycles. The van der Waals surface area contributed by atoms with Crippen molar-refractivity contribution in [1.82, 2.24) is 0 Å². The fourth-order valence-electron chi connectivity index (χ4n) is 2.28. The molecule has 1 unspecified atom stereocenters. The van der Waals surface area contributed by atoms with Crippen LogP contribution in [0.3, 0.4) is 0 Å². The predicted molar refractivity (Wildman–Crippen MR) is 71.5 cm³/mol. The van der Waals surface area contributed by atoms with Gasteiger partial charge in [-0.1, -0.05) is 0 Å². The number of hydrogen-bond donors (Lipinski definition) is 1. The lowest BCUT2D eigenvalue weighted by atomic mass is 10.1. The van der Waals surface area contributed by atoms with Crippen LogP contribution in [0.5, 0.6) is 0 Å². The number of nitrogens with zero attached hydrogens (tertiary/aromatic N) is 2. The molecular formula is C11H12FN3O5S. The molecule has 2 rings (SSSR count). The molecular weight excluding hydrogens is 305 g/mol. The fraction of sp³-hybridized carbons (Fsp3) is 0.364. The molecule has 0 saturated carbocycles. The summed E-state index contributed by atoms with van der Waals surface area (Å²) in [6.45, 7) is 0.00396. The first-order valence-corrected chi connectivity index (χ1v) is 7.63. The van der Waals surface area contributed by atoms with Gasteiger partial charge < -0.3 is 4.90 Å². The minimum atomic E-state index is -3.73. The van der Waals surface area contributed by atoms with Crippen LogP contribution in [0.1, 0.15) is 6.42 Å². The van der Waals surface area contributed by atoms with Gasteiger partial charge in [0.1, 0.15) is 0 Å². The maximum Gasteiger partial charge on any atom is 0.272 e. The number of primary sulfonamides is 1. The molecule has 1 aromatic rings. The van der Waals surface area contributed by atoms with Crippen molar-refractivity contribution in [2.45, 2.75) is 6.42 Å². The fourth-order valence-corrected chi connectivity index (χ4v) is 3.16. The zero-order valence-electron chi connectivity index (χ0n) is 10.7. The Kier molecular flexibility index (Phi) is 3.92. The quantitative estimate of drug-likeness (QED) is 0.635. The van der Waals surface area contributed by atoms with Gasteiger partial charge in [0.05, 0.1) is 22.4 Å². The number of nitrogens with two attached hydrogens (primary N) is 1. The molecule has 1 fully saturated rings. The topological polar surface area (TPSA) is 124 Å². The van der Waals surface area contributed by atoms with Crippen molar-refractivity contribution < 1.29 is 22.5 Å². The molecule has 0 aromatic heterocycles. The number of halogens is 1. The molecule has 0 radical (unpaired) electrons. The summed E-state index contributed by atoms with van der Waals surface area (Å²) in [4.78, 5) is 22.7. The van der Waals surface area contributed by atoms with Gasteiger partial charge in [-0.15, -0.1) is 0 Å². The van der Waals surface area contributed by atoms with Gasteiger partial charge in [-0.25, -0.2) is 17.9 Å². The highest BCUT2D eigenvalue weighted by Gasteiger charge is 2.34. The molecule has 10 heteroatoms. The molecule has 1 aliphatic heterocycles. The number of carbonyl (C=O) groups is 1. The second-order valence-electron chi connectivity index (χ2n) is 4.80. The van der Waals surface area contributed by atoms with Gasteiger partial charge in [0, 0.05) is 24.9 Å². The van der Waals surface area contributed by atoms with Crippen LogP contribution in [0.2, 0.25) is 0 Å². The highest BCUT2D eigenvalue weighted by Crippen LogP contribution is 2.29. The Bertz CT molecular complexity index is 706. The van der Waals surface area contributed by atoms with E-state index in [9.17, 15) is 27.7 Å². The van der Waals surface area contributed by atoms with E-state index < -0.39 is 38.3 Å². The van der Waals surface area contributed by atoms with Crippen LogP contribution in [-0.4, -0.2) is 31.5 Å². The normalized spacial score (nSPS) is 19.0. The number of rotatable bonds is 4. The van der Waals surface area contributed by atoms with Gasteiger partial charge in [-0.05, 0) is 6.07 Å². The molecule has 1 atom stereocenters. The lowest BCUT2D eigenvalue weighted by Gasteiger charge is -2.17. The van der Waals surface area contributed by atoms with Crippen LogP contribution in [0.4, 0.5) is 15.8 Å². The summed E-state index contributed by atoms with van der Waals surface area (Å²) in [6, 6.07) is 2.93. The Morgan fingerprint density at radius 3 is 2.67 bits per heavy atom. The van der Waals surface area contributed by atoms with E-state index in [1.54, 1.807) is 0 Å². The van der Waals surface area contributed by atoms with E-state index in [-0.39, 0.29) is 24.4 Å². The van der Waals surface area contributed by atoms with Crippen LogP contribution in [0.25, 0.3) is 0 Å². The standard InChI is InChI=1S/C11H12FN3O5S/c12-9-4-8(15(17)18)1-2-10(9)14-5-7(3-11(14)16)6-21(13,19)20/h1-2,4,7H,3,5-6H2,(H2,13,19,20). The van der Waals surface area contributed by atoms with Crippen molar-refractivity contribution in [2.75, 3.05) is 17.2 Å². The zero-order valence-corrected chi connectivity index (χ0v) is 11.5. The van der Waals surface area contributed by atoms with Gasteiger partial charge in [0.25, 0.3) is 5.69 Å². The summed E-state index contributed by atoms with van der Waals surface area (Å²) < 4.78 is 35.9. The van der Waals surface area contributed by atoms with Crippen molar-refractivity contribution in [3.63, 3.8) is 0 Å². The van der Waals surface area contributed by atoms with Crippen LogP contribution in [0.15, 0.2) is 18.2 Å². The minimum Gasteiger partial charge on any atom is -0.309 e. The van der Waals surface area contributed by atoms with Crippen LogP contribution >= 0.6 is 0 Å². The second kappa shape index (κ2) is 5.37. The molecule has 1 heterocycles. The number of nitro benzene ring substituents is 1. The highest BCUT2D eigenvalue weighted by molar-refractivity contribution is 7.89. The van der Waals surface area contributed by atoms with Crippen LogP contribution < -0.4 is 10.0 Å². The summed E-state index contributed by atoms with van der Waals surface area (Å²) in [6.07, 6.45) is -0.0626. The summed E-state index contributed by atoms with van der Waals surface area (Å²) in [5.74, 6) is -2.25. The van der Waals surface area contributed by atoms with Crippen molar-refractivity contribution >= 4 is 27.3 Å². The van der Waals surface area contributed by atoms with Crippen LogP contribution in [0, 0.1) is 21.8 Å². The zero-order chi connectivity index (χ0) is 15.8. The lowest BCUT2D eigenvalue weighted by molar-refractivity contribution is -0.385. The Morgan fingerprint density at radius 2 is 2.14 bits per heavy atom. The average molecular weight is 317 g/mol. The predicted octanol–water partition coefficient (Wildman–Crippen LogP) is 0.375. The van der Waals surface area contributed by atoms with Crippen molar-refractivity contribution in [2.24, 2.45) is 11.1 Å². The summed E-state index contributed by atoms with van der Waals surface area (Å²) >= 11 is 0. The third kappa shape index (κ3) is 3.52. The Labute approximate surface area is 119 Å². The number of hydrogen-bond acceptors (Lipinski definition) is 5. The van der Waals surface area contributed by atoms with Crippen LogP contribution in [-0.2, 0) is 14.8 Å². The first-order valence-electron chi connectivity index (χ1n) is 5.92. The Hall–Kier alpha value is -2.07. The van der Waals surface area contributed by atoms with Gasteiger partial charge in [0.2, 0.25) is 15.9 Å². The van der Waals surface area contributed by atoms with E-state index in [0.717, 1.165) is 23.1 Å². The number of anilines is 1. The molecule has 1 saturated heterocycles. The lowest BCUT2D eigenvalue weighted by Crippen LogP contribution is -2.28. The first kappa shape index (κ1) is 15.3. The summed E-state index contributed by atoms with van der Waals surface area (Å²) in [7, 11) is -3.73. The minimum absolute atomic E-state index is 0.00396. The van der Waals surface area contributed by atoms with Crippen molar-refractivity contribution in [1.29, 1.82) is 0 Å². The molecule has 114 valence electrons. The highest BCUT2D eigenvalue weighted by atomic mass is 32.2. The summed E-state index contributed by atoms with van der Waals surface area (Å²) in [5.41, 5.74) is -0.536.